The molecule has 0 spiro atoms. The quantitative estimate of drug-likeness (QED) is 0.637. The van der Waals surface area contributed by atoms with Crippen LogP contribution in [0.2, 0.25) is 0 Å². The molecule has 3 nitrogen and oxygen atoms in total. The molecule has 0 unspecified atom stereocenters. The van der Waals surface area contributed by atoms with Crippen molar-refractivity contribution in [1.82, 2.24) is 0 Å². The Labute approximate surface area is 88.7 Å². The van der Waals surface area contributed by atoms with E-state index in [1.165, 1.54) is 54.8 Å². The van der Waals surface area contributed by atoms with Gasteiger partial charge >= 0.3 is 0 Å². The van der Waals surface area contributed by atoms with Gasteiger partial charge in [-0.1, -0.05) is 13.8 Å². The summed E-state index contributed by atoms with van der Waals surface area (Å²) >= 11 is 0. The molecule has 2 bridgehead atoms. The first-order chi connectivity index (χ1) is 6.68. The lowest BCUT2D eigenvalue weighted by molar-refractivity contribution is -1.07. The van der Waals surface area contributed by atoms with Gasteiger partial charge in [0.2, 0.25) is 0 Å². The fourth-order valence-electron chi connectivity index (χ4n) is 2.64. The molecule has 84 valence electrons. The largest absolute Gasteiger partial charge is 0.326 e. The molecular formula is C11H27N3+2. The van der Waals surface area contributed by atoms with Crippen molar-refractivity contribution in [3.63, 3.8) is 0 Å². The van der Waals surface area contributed by atoms with Crippen molar-refractivity contribution < 1.29 is 8.97 Å². The van der Waals surface area contributed by atoms with Gasteiger partial charge in [-0.2, -0.15) is 0 Å². The van der Waals surface area contributed by atoms with Crippen molar-refractivity contribution in [2.45, 2.75) is 13.8 Å². The Kier molecular flexibility index (Phi) is 3.93. The minimum absolute atomic E-state index is 0.865. The highest BCUT2D eigenvalue weighted by atomic mass is 15.5. The molecule has 14 heavy (non-hydrogen) atoms. The van der Waals surface area contributed by atoms with Crippen LogP contribution >= 0.6 is 0 Å². The Balaban J connectivity index is 0.000000461. The van der Waals surface area contributed by atoms with E-state index in [2.05, 4.69) is 7.05 Å². The second-order valence-electron chi connectivity index (χ2n) is 4.82. The van der Waals surface area contributed by atoms with Crippen molar-refractivity contribution in [1.29, 1.82) is 0 Å². The number of piperazine rings is 3. The molecule has 3 heterocycles. The van der Waals surface area contributed by atoms with Gasteiger partial charge in [-0.3, -0.25) is 0 Å². The Morgan fingerprint density at radius 1 is 0.929 bits per heavy atom. The number of nitrogens with two attached hydrogens (primary N) is 1. The second-order valence-corrected chi connectivity index (χ2v) is 4.82. The minimum atomic E-state index is 0.865. The Hall–Kier alpha value is -0.120. The summed E-state index contributed by atoms with van der Waals surface area (Å²) in [5.74, 6) is 0. The van der Waals surface area contributed by atoms with Crippen LogP contribution in [0.25, 0.3) is 0 Å². The van der Waals surface area contributed by atoms with Gasteiger partial charge < -0.3 is 14.7 Å². The fourth-order valence-corrected chi connectivity index (χ4v) is 2.64. The highest BCUT2D eigenvalue weighted by molar-refractivity contribution is 4.59. The highest BCUT2D eigenvalue weighted by Gasteiger charge is 2.45. The summed E-state index contributed by atoms with van der Waals surface area (Å²) in [6, 6.07) is 0. The summed E-state index contributed by atoms with van der Waals surface area (Å²) in [6.07, 6.45) is 0. The Bertz CT molecular complexity index is 155. The van der Waals surface area contributed by atoms with Crippen molar-refractivity contribution in [3.05, 3.63) is 0 Å². The first kappa shape index (κ1) is 12.0. The Morgan fingerprint density at radius 2 is 1.36 bits per heavy atom. The summed E-state index contributed by atoms with van der Waals surface area (Å²) in [6.45, 7) is 14.3. The van der Waals surface area contributed by atoms with Crippen molar-refractivity contribution in [3.8, 4) is 0 Å². The van der Waals surface area contributed by atoms with Gasteiger partial charge in [0.1, 0.15) is 39.3 Å². The summed E-state index contributed by atoms with van der Waals surface area (Å²) in [5.41, 5.74) is 5.65. The van der Waals surface area contributed by atoms with Crippen molar-refractivity contribution >= 4 is 0 Å². The third-order valence-electron chi connectivity index (χ3n) is 3.95. The monoisotopic (exact) mass is 201 g/mol. The van der Waals surface area contributed by atoms with Gasteiger partial charge in [0.25, 0.3) is 0 Å². The molecule has 0 aliphatic carbocycles. The molecule has 3 fully saturated rings. The number of rotatable bonds is 2. The van der Waals surface area contributed by atoms with Crippen LogP contribution in [0.4, 0.5) is 0 Å². The zero-order valence-electron chi connectivity index (χ0n) is 10.1. The molecular weight excluding hydrogens is 174 g/mol. The molecule has 0 aromatic rings. The average Bonchev–Trinajstić information content (AvgIpc) is 2.24. The summed E-state index contributed by atoms with van der Waals surface area (Å²) in [5, 5.41) is 0. The lowest BCUT2D eigenvalue weighted by atomic mass is 10.1. The summed E-state index contributed by atoms with van der Waals surface area (Å²) < 4.78 is 2.65. The SMILES string of the molecule is CC.C[N+]12CC[N+](CCN)(CC1)CC2. The molecule has 0 atom stereocenters. The van der Waals surface area contributed by atoms with Crippen LogP contribution < -0.4 is 5.73 Å². The van der Waals surface area contributed by atoms with E-state index < -0.39 is 0 Å². The first-order valence-electron chi connectivity index (χ1n) is 6.07. The molecule has 3 aliphatic heterocycles. The second kappa shape index (κ2) is 4.60. The molecule has 0 aromatic carbocycles. The van der Waals surface area contributed by atoms with Gasteiger partial charge in [0.05, 0.1) is 13.6 Å². The zero-order valence-corrected chi connectivity index (χ0v) is 10.1. The van der Waals surface area contributed by atoms with Crippen LogP contribution in [0.5, 0.6) is 0 Å². The molecule has 0 aromatic heterocycles. The highest BCUT2D eigenvalue weighted by Crippen LogP contribution is 2.23. The first-order valence-corrected chi connectivity index (χ1v) is 6.07. The van der Waals surface area contributed by atoms with Gasteiger partial charge in [0, 0.05) is 6.54 Å². The van der Waals surface area contributed by atoms with Crippen LogP contribution in [-0.4, -0.2) is 68.4 Å². The lowest BCUT2D eigenvalue weighted by Crippen LogP contribution is -2.74. The summed E-state index contributed by atoms with van der Waals surface area (Å²) in [7, 11) is 2.40. The molecule has 3 saturated heterocycles. The van der Waals surface area contributed by atoms with E-state index in [0.29, 0.717) is 0 Å². The van der Waals surface area contributed by atoms with Crippen molar-refractivity contribution in [2.75, 3.05) is 59.4 Å². The maximum absolute atomic E-state index is 5.65. The molecule has 0 amide bonds. The number of quaternary nitrogens is 2. The normalized spacial score (nSPS) is 40.3. The number of hydrogen-bond acceptors (Lipinski definition) is 1. The number of fused-ring (bicyclic) bond motifs is 3. The fraction of sp³-hybridized carbons (Fsp3) is 1.00. The number of likely N-dealkylation sites (N-methyl/N-ethyl adjacent to an activating group) is 1. The van der Waals surface area contributed by atoms with Crippen LogP contribution in [0.3, 0.4) is 0 Å². The molecule has 2 N–H and O–H groups in total. The maximum Gasteiger partial charge on any atom is 0.129 e. The van der Waals surface area contributed by atoms with E-state index in [9.17, 15) is 0 Å². The third kappa shape index (κ3) is 2.27. The third-order valence-corrected chi connectivity index (χ3v) is 3.95. The predicted molar refractivity (Wildman–Crippen MR) is 60.9 cm³/mol. The average molecular weight is 201 g/mol. The van der Waals surface area contributed by atoms with Gasteiger partial charge in [-0.15, -0.1) is 0 Å². The van der Waals surface area contributed by atoms with E-state index in [1.807, 2.05) is 13.8 Å². The van der Waals surface area contributed by atoms with E-state index >= 15 is 0 Å². The molecule has 0 saturated carbocycles. The van der Waals surface area contributed by atoms with E-state index in [1.54, 1.807) is 0 Å². The number of hydrogen-bond donors (Lipinski definition) is 1. The van der Waals surface area contributed by atoms with Crippen LogP contribution in [0.15, 0.2) is 0 Å². The van der Waals surface area contributed by atoms with Gasteiger partial charge in [-0.05, 0) is 0 Å². The number of nitrogens with zero attached hydrogens (tertiary/aromatic N) is 2. The smallest absolute Gasteiger partial charge is 0.129 e. The molecule has 3 heteroatoms. The van der Waals surface area contributed by atoms with E-state index in [0.717, 1.165) is 6.54 Å². The van der Waals surface area contributed by atoms with E-state index in [4.69, 9.17) is 5.73 Å². The van der Waals surface area contributed by atoms with Crippen molar-refractivity contribution in [2.24, 2.45) is 5.73 Å². The maximum atomic E-state index is 5.65. The Morgan fingerprint density at radius 3 is 1.71 bits per heavy atom. The molecule has 0 radical (unpaired) electrons. The zero-order chi connectivity index (χ0) is 10.7. The summed E-state index contributed by atoms with van der Waals surface area (Å²) in [4.78, 5) is 0. The van der Waals surface area contributed by atoms with Crippen LogP contribution in [0.1, 0.15) is 13.8 Å². The van der Waals surface area contributed by atoms with Crippen LogP contribution in [-0.2, 0) is 0 Å². The minimum Gasteiger partial charge on any atom is -0.326 e. The molecule has 3 rings (SSSR count). The predicted octanol–water partition coefficient (Wildman–Crippen LogP) is 0.262. The standard InChI is InChI=1S/C9H21N3.C2H6/c1-11-4-7-12(3-2-10,8-5-11)9-6-11;1-2/h2-10H2,1H3;1-2H3/q+2;. The van der Waals surface area contributed by atoms with E-state index in [-0.39, 0.29) is 0 Å². The van der Waals surface area contributed by atoms with Crippen LogP contribution in [0, 0.1) is 0 Å². The molecule has 3 aliphatic rings. The lowest BCUT2D eigenvalue weighted by Gasteiger charge is -2.54. The topological polar surface area (TPSA) is 26.0 Å². The van der Waals surface area contributed by atoms with Gasteiger partial charge in [-0.25, -0.2) is 0 Å². The van der Waals surface area contributed by atoms with Gasteiger partial charge in [0.15, 0.2) is 0 Å².